The second-order valence-electron chi connectivity index (χ2n) is 5.94. The van der Waals surface area contributed by atoms with Gasteiger partial charge in [-0.2, -0.15) is 0 Å². The lowest BCUT2D eigenvalue weighted by Crippen LogP contribution is -2.47. The van der Waals surface area contributed by atoms with Crippen LogP contribution in [0.4, 0.5) is 10.5 Å². The summed E-state index contributed by atoms with van der Waals surface area (Å²) in [6.07, 6.45) is 11.9. The van der Waals surface area contributed by atoms with E-state index in [4.69, 9.17) is 0 Å². The predicted octanol–water partition coefficient (Wildman–Crippen LogP) is 2.67. The third kappa shape index (κ3) is 3.87. The third-order valence-corrected chi connectivity index (χ3v) is 4.10. The van der Waals surface area contributed by atoms with Crippen LogP contribution in [0.2, 0.25) is 0 Å². The topological polar surface area (TPSA) is 79.8 Å². The van der Waals surface area contributed by atoms with Crippen LogP contribution < -0.4 is 10.6 Å². The first-order valence-electron chi connectivity index (χ1n) is 7.95. The molecule has 0 aromatic carbocycles. The lowest BCUT2D eigenvalue weighted by Gasteiger charge is -2.24. The number of carbonyl (C=O) groups excluding carboxylic acids is 1. The van der Waals surface area contributed by atoms with Crippen LogP contribution in [-0.4, -0.2) is 26.5 Å². The van der Waals surface area contributed by atoms with Crippen LogP contribution in [0.15, 0.2) is 37.2 Å². The van der Waals surface area contributed by atoms with Gasteiger partial charge >= 0.3 is 6.03 Å². The van der Waals surface area contributed by atoms with Crippen LogP contribution in [-0.2, 0) is 0 Å². The maximum Gasteiger partial charge on any atom is 0.320 e. The number of amides is 2. The molecule has 0 unspecified atom stereocenters. The zero-order valence-electron chi connectivity index (χ0n) is 13.5. The van der Waals surface area contributed by atoms with Crippen LogP contribution in [0, 0.1) is 18.8 Å². The second kappa shape index (κ2) is 7.09. The first-order valence-corrected chi connectivity index (χ1v) is 7.95. The number of anilines is 1. The average Bonchev–Trinajstić information content (AvgIpc) is 3.05. The molecule has 122 valence electrons. The van der Waals surface area contributed by atoms with Gasteiger partial charge in [0.2, 0.25) is 0 Å². The summed E-state index contributed by atoms with van der Waals surface area (Å²) < 4.78 is 0. The highest BCUT2D eigenvalue weighted by Crippen LogP contribution is 2.29. The standard InChI is InChI=1S/C18H19N5O/c1-14-5-9-19-12-16(14)22-17(24)23-18(6-2-3-7-18)8-4-15-10-20-13-21-11-15/h5,9-13H,2-3,6-7H2,1H3,(H2,22,23,24). The number of aryl methyl sites for hydroxylation is 1. The molecular formula is C18H19N5O. The van der Waals surface area contributed by atoms with Crippen LogP contribution in [0.25, 0.3) is 0 Å². The maximum atomic E-state index is 12.4. The molecule has 0 bridgehead atoms. The fourth-order valence-electron chi connectivity index (χ4n) is 2.78. The zero-order chi connectivity index (χ0) is 16.8. The van der Waals surface area contributed by atoms with Crippen molar-refractivity contribution in [1.82, 2.24) is 20.3 Å². The van der Waals surface area contributed by atoms with E-state index in [-0.39, 0.29) is 6.03 Å². The SMILES string of the molecule is Cc1ccncc1NC(=O)NC1(C#Cc2cncnc2)CCCC1. The molecule has 6 heteroatoms. The summed E-state index contributed by atoms with van der Waals surface area (Å²) in [5, 5.41) is 5.90. The highest BCUT2D eigenvalue weighted by molar-refractivity contribution is 5.90. The van der Waals surface area contributed by atoms with Crippen molar-refractivity contribution < 1.29 is 4.79 Å². The molecule has 0 radical (unpaired) electrons. The summed E-state index contributed by atoms with van der Waals surface area (Å²) in [4.78, 5) is 24.4. The Morgan fingerprint density at radius 1 is 1.17 bits per heavy atom. The van der Waals surface area contributed by atoms with E-state index in [0.717, 1.165) is 36.8 Å². The van der Waals surface area contributed by atoms with Gasteiger partial charge in [-0.25, -0.2) is 14.8 Å². The largest absolute Gasteiger partial charge is 0.322 e. The molecule has 2 amide bonds. The monoisotopic (exact) mass is 321 g/mol. The van der Waals surface area contributed by atoms with Crippen molar-refractivity contribution in [3.8, 4) is 11.8 Å². The van der Waals surface area contributed by atoms with Crippen molar-refractivity contribution in [2.75, 3.05) is 5.32 Å². The maximum absolute atomic E-state index is 12.4. The van der Waals surface area contributed by atoms with Gasteiger partial charge in [0.1, 0.15) is 11.9 Å². The van der Waals surface area contributed by atoms with Crippen LogP contribution in [0.3, 0.4) is 0 Å². The van der Waals surface area contributed by atoms with Crippen molar-refractivity contribution in [2.45, 2.75) is 38.1 Å². The number of hydrogen-bond donors (Lipinski definition) is 2. The van der Waals surface area contributed by atoms with Gasteiger partial charge in [-0.3, -0.25) is 4.98 Å². The Balaban J connectivity index is 1.73. The van der Waals surface area contributed by atoms with E-state index in [0.29, 0.717) is 5.69 Å². The molecule has 1 fully saturated rings. The summed E-state index contributed by atoms with van der Waals surface area (Å²) in [5.41, 5.74) is 1.91. The fraction of sp³-hybridized carbons (Fsp3) is 0.333. The summed E-state index contributed by atoms with van der Waals surface area (Å²) >= 11 is 0. The Bertz CT molecular complexity index is 773. The van der Waals surface area contributed by atoms with E-state index in [9.17, 15) is 4.79 Å². The third-order valence-electron chi connectivity index (χ3n) is 4.10. The Hall–Kier alpha value is -2.94. The number of carbonyl (C=O) groups is 1. The normalized spacial score (nSPS) is 15.2. The van der Waals surface area contributed by atoms with Crippen molar-refractivity contribution in [2.24, 2.45) is 0 Å². The average molecular weight is 321 g/mol. The molecule has 0 aliphatic heterocycles. The summed E-state index contributed by atoms with van der Waals surface area (Å²) in [5.74, 6) is 6.30. The van der Waals surface area contributed by atoms with Gasteiger partial charge in [0.25, 0.3) is 0 Å². The smallest absolute Gasteiger partial charge is 0.320 e. The van der Waals surface area contributed by atoms with E-state index < -0.39 is 5.54 Å². The highest BCUT2D eigenvalue weighted by atomic mass is 16.2. The molecule has 2 aromatic heterocycles. The van der Waals surface area contributed by atoms with Gasteiger partial charge < -0.3 is 10.6 Å². The summed E-state index contributed by atoms with van der Waals surface area (Å²) in [7, 11) is 0. The van der Waals surface area contributed by atoms with Crippen molar-refractivity contribution >= 4 is 11.7 Å². The van der Waals surface area contributed by atoms with Crippen LogP contribution in [0.5, 0.6) is 0 Å². The minimum absolute atomic E-state index is 0.258. The molecule has 0 saturated heterocycles. The van der Waals surface area contributed by atoms with E-state index in [1.807, 2.05) is 13.0 Å². The quantitative estimate of drug-likeness (QED) is 0.833. The molecule has 1 saturated carbocycles. The number of hydrogen-bond acceptors (Lipinski definition) is 4. The van der Waals surface area contributed by atoms with E-state index in [1.165, 1.54) is 6.33 Å². The Labute approximate surface area is 141 Å². The summed E-state index contributed by atoms with van der Waals surface area (Å²) in [6, 6.07) is 1.60. The molecule has 3 rings (SSSR count). The van der Waals surface area contributed by atoms with Gasteiger partial charge in [-0.05, 0) is 44.2 Å². The molecule has 24 heavy (non-hydrogen) atoms. The van der Waals surface area contributed by atoms with Gasteiger partial charge in [-0.15, -0.1) is 0 Å². The van der Waals surface area contributed by atoms with Crippen LogP contribution >= 0.6 is 0 Å². The van der Waals surface area contributed by atoms with Gasteiger partial charge in [0.15, 0.2) is 0 Å². The molecule has 1 aliphatic rings. The number of rotatable bonds is 2. The molecular weight excluding hydrogens is 302 g/mol. The van der Waals surface area contributed by atoms with Crippen molar-refractivity contribution in [3.05, 3.63) is 48.3 Å². The van der Waals surface area contributed by atoms with Gasteiger partial charge in [-0.1, -0.05) is 11.8 Å². The van der Waals surface area contributed by atoms with Crippen molar-refractivity contribution in [1.29, 1.82) is 0 Å². The molecule has 0 atom stereocenters. The Kier molecular flexibility index (Phi) is 4.71. The molecule has 1 aliphatic carbocycles. The first-order chi connectivity index (χ1) is 11.7. The molecule has 2 N–H and O–H groups in total. The van der Waals surface area contributed by atoms with E-state index >= 15 is 0 Å². The summed E-state index contributed by atoms with van der Waals surface area (Å²) in [6.45, 7) is 1.93. The Morgan fingerprint density at radius 2 is 1.92 bits per heavy atom. The number of nitrogens with one attached hydrogen (secondary N) is 2. The molecule has 2 aromatic rings. The van der Waals surface area contributed by atoms with E-state index in [2.05, 4.69) is 37.4 Å². The number of aromatic nitrogens is 3. The van der Waals surface area contributed by atoms with Gasteiger partial charge in [0.05, 0.1) is 17.4 Å². The second-order valence-corrected chi connectivity index (χ2v) is 5.94. The Morgan fingerprint density at radius 3 is 2.62 bits per heavy atom. The number of nitrogens with zero attached hydrogens (tertiary/aromatic N) is 3. The van der Waals surface area contributed by atoms with Crippen LogP contribution in [0.1, 0.15) is 36.8 Å². The molecule has 2 heterocycles. The first kappa shape index (κ1) is 15.9. The predicted molar refractivity (Wildman–Crippen MR) is 91.2 cm³/mol. The minimum Gasteiger partial charge on any atom is -0.322 e. The zero-order valence-corrected chi connectivity index (χ0v) is 13.5. The number of pyridine rings is 1. The highest BCUT2D eigenvalue weighted by Gasteiger charge is 2.33. The lowest BCUT2D eigenvalue weighted by molar-refractivity contribution is 0.244. The lowest BCUT2D eigenvalue weighted by atomic mass is 9.98. The minimum atomic E-state index is -0.504. The van der Waals surface area contributed by atoms with Gasteiger partial charge in [0, 0.05) is 18.6 Å². The van der Waals surface area contributed by atoms with Crippen molar-refractivity contribution in [3.63, 3.8) is 0 Å². The molecule has 0 spiro atoms. The fourth-order valence-corrected chi connectivity index (χ4v) is 2.78. The van der Waals surface area contributed by atoms with E-state index in [1.54, 1.807) is 24.8 Å². The number of urea groups is 1. The molecule has 6 nitrogen and oxygen atoms in total.